The molecular weight excluding hydrogens is 340 g/mol. The molecule has 0 bridgehead atoms. The maximum absolute atomic E-state index is 2.40. The molecule has 0 saturated carbocycles. The molecular formula is C26H18N2. The lowest BCUT2D eigenvalue weighted by molar-refractivity contribution is 1.14. The van der Waals surface area contributed by atoms with Crippen molar-refractivity contribution in [2.24, 2.45) is 0 Å². The maximum atomic E-state index is 2.40. The third-order valence-corrected chi connectivity index (χ3v) is 5.55. The molecule has 0 saturated heterocycles. The summed E-state index contributed by atoms with van der Waals surface area (Å²) in [5.41, 5.74) is 7.37. The molecule has 132 valence electrons. The molecule has 3 aromatic carbocycles. The first kappa shape index (κ1) is 15.3. The van der Waals surface area contributed by atoms with Crippen LogP contribution in [-0.2, 0) is 0 Å². The van der Waals surface area contributed by atoms with Gasteiger partial charge in [-0.3, -0.25) is 0 Å². The van der Waals surface area contributed by atoms with Crippen LogP contribution >= 0.6 is 0 Å². The lowest BCUT2D eigenvalue weighted by atomic mass is 10.1. The summed E-state index contributed by atoms with van der Waals surface area (Å²) in [7, 11) is 0. The minimum absolute atomic E-state index is 1.20. The van der Waals surface area contributed by atoms with Gasteiger partial charge in [-0.25, -0.2) is 0 Å². The highest BCUT2D eigenvalue weighted by molar-refractivity contribution is 6.10. The second kappa shape index (κ2) is 5.86. The van der Waals surface area contributed by atoms with Gasteiger partial charge in [0.05, 0.1) is 22.2 Å². The zero-order valence-corrected chi connectivity index (χ0v) is 15.3. The van der Waals surface area contributed by atoms with E-state index in [1.165, 1.54) is 44.1 Å². The van der Waals surface area contributed by atoms with Crippen LogP contribution in [0.1, 0.15) is 0 Å². The van der Waals surface area contributed by atoms with Crippen LogP contribution in [0.15, 0.2) is 109 Å². The van der Waals surface area contributed by atoms with Gasteiger partial charge in [-0.05, 0) is 29.8 Å². The average Bonchev–Trinajstić information content (AvgIpc) is 3.30. The van der Waals surface area contributed by atoms with E-state index in [-0.39, 0.29) is 0 Å². The monoisotopic (exact) mass is 358 g/mol. The van der Waals surface area contributed by atoms with Gasteiger partial charge in [0.25, 0.3) is 0 Å². The number of fused-ring (bicyclic) bond motifs is 4. The highest BCUT2D eigenvalue weighted by atomic mass is 15.0. The lowest BCUT2D eigenvalue weighted by Crippen LogP contribution is -1.94. The van der Waals surface area contributed by atoms with Crippen molar-refractivity contribution in [3.05, 3.63) is 109 Å². The third kappa shape index (κ3) is 2.09. The molecule has 0 aliphatic rings. The van der Waals surface area contributed by atoms with E-state index in [0.29, 0.717) is 0 Å². The van der Waals surface area contributed by atoms with Crippen LogP contribution in [0.2, 0.25) is 0 Å². The largest absolute Gasteiger partial charge is 0.321 e. The predicted molar refractivity (Wildman–Crippen MR) is 117 cm³/mol. The molecule has 0 spiro atoms. The Morgan fingerprint density at radius 1 is 0.500 bits per heavy atom. The first-order valence-corrected chi connectivity index (χ1v) is 9.55. The number of hydrogen-bond donors (Lipinski definition) is 0. The fourth-order valence-electron chi connectivity index (χ4n) is 4.36. The second-order valence-electron chi connectivity index (χ2n) is 7.12. The molecule has 3 heterocycles. The molecule has 0 unspecified atom stereocenters. The van der Waals surface area contributed by atoms with E-state index in [9.17, 15) is 0 Å². The molecule has 3 aromatic heterocycles. The van der Waals surface area contributed by atoms with Crippen molar-refractivity contribution < 1.29 is 0 Å². The number of rotatable bonds is 2. The summed E-state index contributed by atoms with van der Waals surface area (Å²) < 4.78 is 4.63. The highest BCUT2D eigenvalue weighted by Gasteiger charge is 2.18. The van der Waals surface area contributed by atoms with Gasteiger partial charge in [0.15, 0.2) is 0 Å². The summed E-state index contributed by atoms with van der Waals surface area (Å²) in [5, 5.41) is 2.57. The molecule has 2 nitrogen and oxygen atoms in total. The van der Waals surface area contributed by atoms with Gasteiger partial charge in [0.2, 0.25) is 0 Å². The van der Waals surface area contributed by atoms with Crippen molar-refractivity contribution in [2.45, 2.75) is 0 Å². The Labute approximate surface area is 162 Å². The fraction of sp³-hybridized carbons (Fsp3) is 0. The van der Waals surface area contributed by atoms with E-state index in [2.05, 4.69) is 118 Å². The van der Waals surface area contributed by atoms with Gasteiger partial charge < -0.3 is 8.97 Å². The van der Waals surface area contributed by atoms with Crippen LogP contribution in [-0.4, -0.2) is 8.97 Å². The number of aromatic nitrogens is 2. The van der Waals surface area contributed by atoms with Gasteiger partial charge in [-0.2, -0.15) is 0 Å². The van der Waals surface area contributed by atoms with Gasteiger partial charge >= 0.3 is 0 Å². The Kier molecular flexibility index (Phi) is 3.20. The fourth-order valence-corrected chi connectivity index (χ4v) is 4.36. The predicted octanol–water partition coefficient (Wildman–Crippen LogP) is 6.70. The van der Waals surface area contributed by atoms with Crippen LogP contribution in [0.5, 0.6) is 0 Å². The Morgan fingerprint density at radius 3 is 1.79 bits per heavy atom. The van der Waals surface area contributed by atoms with Crippen LogP contribution in [0, 0.1) is 0 Å². The molecule has 0 fully saturated rings. The van der Waals surface area contributed by atoms with E-state index in [0.717, 1.165) is 0 Å². The molecule has 0 N–H and O–H groups in total. The molecule has 0 aliphatic carbocycles. The van der Waals surface area contributed by atoms with Crippen LogP contribution in [0.4, 0.5) is 0 Å². The summed E-state index contributed by atoms with van der Waals surface area (Å²) in [6, 6.07) is 34.4. The summed E-state index contributed by atoms with van der Waals surface area (Å²) in [6.07, 6.45) is 4.37. The molecule has 6 rings (SSSR count). The van der Waals surface area contributed by atoms with E-state index < -0.39 is 0 Å². The third-order valence-electron chi connectivity index (χ3n) is 5.55. The van der Waals surface area contributed by atoms with E-state index >= 15 is 0 Å². The van der Waals surface area contributed by atoms with Gasteiger partial charge in [-0.1, -0.05) is 72.8 Å². The van der Waals surface area contributed by atoms with Crippen molar-refractivity contribution in [2.75, 3.05) is 0 Å². The van der Waals surface area contributed by atoms with Crippen LogP contribution in [0.3, 0.4) is 0 Å². The van der Waals surface area contributed by atoms with Gasteiger partial charge in [0.1, 0.15) is 0 Å². The van der Waals surface area contributed by atoms with Crippen LogP contribution < -0.4 is 0 Å². The molecule has 2 heteroatoms. The van der Waals surface area contributed by atoms with Crippen molar-refractivity contribution in [1.82, 2.24) is 8.97 Å². The number of para-hydroxylation sites is 2. The number of nitrogens with zero attached hydrogens (tertiary/aromatic N) is 2. The van der Waals surface area contributed by atoms with E-state index in [1.807, 2.05) is 0 Å². The van der Waals surface area contributed by atoms with E-state index in [1.54, 1.807) is 0 Å². The first-order chi connectivity index (χ1) is 13.9. The molecule has 28 heavy (non-hydrogen) atoms. The smallest absolute Gasteiger partial charge is 0.0727 e. The van der Waals surface area contributed by atoms with Crippen molar-refractivity contribution in [1.29, 1.82) is 0 Å². The number of hydrogen-bond acceptors (Lipinski definition) is 0. The zero-order chi connectivity index (χ0) is 18.5. The zero-order valence-electron chi connectivity index (χ0n) is 15.3. The normalized spacial score (nSPS) is 11.6. The Bertz CT molecular complexity index is 1400. The number of benzene rings is 3. The SMILES string of the molecule is c1ccc(-c2c(-n3c4ccccc4c4ccccc43)cn3ccccc23)cc1. The standard InChI is InChI=1S/C26H18N2/c1-2-10-19(11-3-1)26-24-16-8-9-17-27(24)18-25(26)28-22-14-6-4-12-20(22)21-13-5-7-15-23(21)28/h1-18H. The summed E-state index contributed by atoms with van der Waals surface area (Å²) in [4.78, 5) is 0. The van der Waals surface area contributed by atoms with Crippen LogP contribution in [0.25, 0.3) is 44.1 Å². The summed E-state index contributed by atoms with van der Waals surface area (Å²) >= 11 is 0. The minimum atomic E-state index is 1.20. The summed E-state index contributed by atoms with van der Waals surface area (Å²) in [6.45, 7) is 0. The maximum Gasteiger partial charge on any atom is 0.0727 e. The number of pyridine rings is 1. The van der Waals surface area contributed by atoms with Crippen molar-refractivity contribution in [3.8, 4) is 16.8 Å². The van der Waals surface area contributed by atoms with Crippen molar-refractivity contribution >= 4 is 27.3 Å². The average molecular weight is 358 g/mol. The Balaban J connectivity index is 1.82. The van der Waals surface area contributed by atoms with Gasteiger partial charge in [0, 0.05) is 28.7 Å². The first-order valence-electron chi connectivity index (χ1n) is 9.55. The molecule has 6 aromatic rings. The Hall–Kier alpha value is -3.78. The van der Waals surface area contributed by atoms with Crippen molar-refractivity contribution in [3.63, 3.8) is 0 Å². The minimum Gasteiger partial charge on any atom is -0.321 e. The molecule has 0 amide bonds. The summed E-state index contributed by atoms with van der Waals surface area (Å²) in [5.74, 6) is 0. The topological polar surface area (TPSA) is 9.34 Å². The molecule has 0 aliphatic heterocycles. The lowest BCUT2D eigenvalue weighted by Gasteiger charge is -2.10. The second-order valence-corrected chi connectivity index (χ2v) is 7.12. The highest BCUT2D eigenvalue weighted by Crippen LogP contribution is 2.38. The van der Waals surface area contributed by atoms with Gasteiger partial charge in [-0.15, -0.1) is 0 Å². The molecule has 0 atom stereocenters. The van der Waals surface area contributed by atoms with E-state index in [4.69, 9.17) is 0 Å². The Morgan fingerprint density at radius 2 is 1.07 bits per heavy atom. The quantitative estimate of drug-likeness (QED) is 0.326. The molecule has 0 radical (unpaired) electrons.